The highest BCUT2D eigenvalue weighted by molar-refractivity contribution is 7.99. The Morgan fingerprint density at radius 3 is 2.43 bits per heavy atom. The second kappa shape index (κ2) is 10.0. The Hall–Kier alpha value is -2.69. The van der Waals surface area contributed by atoms with Gasteiger partial charge in [-0.3, -0.25) is 0 Å². The average Bonchev–Trinajstić information content (AvgIpc) is 2.73. The summed E-state index contributed by atoms with van der Waals surface area (Å²) in [6.45, 7) is 3.26. The van der Waals surface area contributed by atoms with Crippen molar-refractivity contribution in [2.75, 3.05) is 11.4 Å². The van der Waals surface area contributed by atoms with Crippen LogP contribution in [0, 0.1) is 22.7 Å². The third-order valence-electron chi connectivity index (χ3n) is 4.94. The van der Waals surface area contributed by atoms with Crippen LogP contribution in [-0.2, 0) is 0 Å². The normalized spacial score (nSPS) is 11.8. The van der Waals surface area contributed by atoms with Gasteiger partial charge < -0.3 is 4.90 Å². The lowest BCUT2D eigenvalue weighted by molar-refractivity contribution is 0.608. The van der Waals surface area contributed by atoms with Gasteiger partial charge in [0.05, 0.1) is 11.4 Å². The van der Waals surface area contributed by atoms with E-state index in [-0.39, 0.29) is 5.57 Å². The van der Waals surface area contributed by atoms with Crippen LogP contribution in [0.15, 0.2) is 57.8 Å². The van der Waals surface area contributed by atoms with Gasteiger partial charge in [-0.15, -0.1) is 0 Å². The largest absolute Gasteiger partial charge is 0.340 e. The molecule has 0 N–H and O–H groups in total. The van der Waals surface area contributed by atoms with Crippen molar-refractivity contribution in [3.05, 3.63) is 53.6 Å². The molecule has 1 heterocycles. The van der Waals surface area contributed by atoms with Gasteiger partial charge in [0, 0.05) is 16.3 Å². The van der Waals surface area contributed by atoms with E-state index in [4.69, 9.17) is 10.5 Å². The molecule has 2 aromatic rings. The summed E-state index contributed by atoms with van der Waals surface area (Å²) in [6.07, 6.45) is 9.33. The van der Waals surface area contributed by atoms with Gasteiger partial charge in [0.25, 0.3) is 0 Å². The van der Waals surface area contributed by atoms with Gasteiger partial charge in [0.1, 0.15) is 17.7 Å². The van der Waals surface area contributed by atoms with E-state index in [9.17, 15) is 0 Å². The molecule has 0 fully saturated rings. The van der Waals surface area contributed by atoms with Crippen molar-refractivity contribution in [1.29, 1.82) is 10.5 Å². The minimum atomic E-state index is 0.130. The van der Waals surface area contributed by atoms with E-state index in [1.165, 1.54) is 59.7 Å². The summed E-state index contributed by atoms with van der Waals surface area (Å²) in [7, 11) is 0. The van der Waals surface area contributed by atoms with Crippen molar-refractivity contribution in [2.24, 2.45) is 0 Å². The maximum absolute atomic E-state index is 9.02. The van der Waals surface area contributed by atoms with E-state index in [1.807, 2.05) is 18.2 Å². The smallest absolute Gasteiger partial charge is 0.130 e. The molecule has 0 saturated heterocycles. The van der Waals surface area contributed by atoms with Gasteiger partial charge in [-0.05, 0) is 42.3 Å². The third-order valence-corrected chi connectivity index (χ3v) is 6.05. The van der Waals surface area contributed by atoms with Crippen LogP contribution in [0.4, 0.5) is 11.4 Å². The molecule has 4 heteroatoms. The number of allylic oxidation sites excluding steroid dienone is 1. The molecule has 0 radical (unpaired) electrons. The molecule has 0 amide bonds. The van der Waals surface area contributed by atoms with Gasteiger partial charge in [-0.1, -0.05) is 69.0 Å². The monoisotopic (exact) mass is 387 g/mol. The Kier molecular flexibility index (Phi) is 7.18. The maximum atomic E-state index is 9.02. The summed E-state index contributed by atoms with van der Waals surface area (Å²) in [5.41, 5.74) is 3.50. The Balaban J connectivity index is 1.82. The number of rotatable bonds is 8. The molecule has 0 atom stereocenters. The fraction of sp³-hybridized carbons (Fsp3) is 0.333. The molecule has 2 aromatic carbocycles. The minimum Gasteiger partial charge on any atom is -0.340 e. The lowest BCUT2D eigenvalue weighted by Gasteiger charge is -2.33. The number of nitrogens with zero attached hydrogens (tertiary/aromatic N) is 3. The predicted octanol–water partition coefficient (Wildman–Crippen LogP) is 7.08. The van der Waals surface area contributed by atoms with Crippen LogP contribution in [0.3, 0.4) is 0 Å². The van der Waals surface area contributed by atoms with E-state index >= 15 is 0 Å². The SMILES string of the molecule is CCCCCCCCN1c2ccccc2Sc2cc(C=C(C#N)C#N)ccc21. The Labute approximate surface area is 172 Å². The molecule has 0 aromatic heterocycles. The number of fused-ring (bicyclic) bond motifs is 2. The third kappa shape index (κ3) is 4.77. The Bertz CT molecular complexity index is 918. The van der Waals surface area contributed by atoms with E-state index in [0.29, 0.717) is 0 Å². The zero-order valence-corrected chi connectivity index (χ0v) is 17.1. The second-order valence-electron chi connectivity index (χ2n) is 7.00. The fourth-order valence-electron chi connectivity index (χ4n) is 3.49. The summed E-state index contributed by atoms with van der Waals surface area (Å²) < 4.78 is 0. The van der Waals surface area contributed by atoms with Crippen LogP contribution >= 0.6 is 11.8 Å². The van der Waals surface area contributed by atoms with Crippen molar-refractivity contribution in [2.45, 2.75) is 55.2 Å². The molecule has 3 nitrogen and oxygen atoms in total. The summed E-state index contributed by atoms with van der Waals surface area (Å²) in [4.78, 5) is 4.85. The number of hydrogen-bond donors (Lipinski definition) is 0. The molecule has 142 valence electrons. The van der Waals surface area contributed by atoms with Gasteiger partial charge in [-0.2, -0.15) is 10.5 Å². The summed E-state index contributed by atoms with van der Waals surface area (Å²) >= 11 is 1.76. The van der Waals surface area contributed by atoms with Gasteiger partial charge >= 0.3 is 0 Å². The molecule has 0 saturated carbocycles. The van der Waals surface area contributed by atoms with E-state index in [1.54, 1.807) is 17.8 Å². The zero-order valence-electron chi connectivity index (χ0n) is 16.3. The molecule has 0 spiro atoms. The van der Waals surface area contributed by atoms with Crippen molar-refractivity contribution in [1.82, 2.24) is 0 Å². The summed E-state index contributed by atoms with van der Waals surface area (Å²) in [5.74, 6) is 0. The van der Waals surface area contributed by atoms with Crippen molar-refractivity contribution >= 4 is 29.2 Å². The molecule has 1 aliphatic heterocycles. The van der Waals surface area contributed by atoms with E-state index in [2.05, 4.69) is 48.2 Å². The number of unbranched alkanes of at least 4 members (excludes halogenated alkanes) is 5. The first-order valence-electron chi connectivity index (χ1n) is 9.97. The molecule has 3 rings (SSSR count). The quantitative estimate of drug-likeness (QED) is 0.359. The summed E-state index contributed by atoms with van der Waals surface area (Å²) in [6, 6.07) is 18.6. The predicted molar refractivity (Wildman–Crippen MR) is 117 cm³/mol. The zero-order chi connectivity index (χ0) is 19.8. The van der Waals surface area contributed by atoms with Crippen LogP contribution < -0.4 is 4.90 Å². The Morgan fingerprint density at radius 2 is 1.64 bits per heavy atom. The first-order chi connectivity index (χ1) is 13.8. The van der Waals surface area contributed by atoms with Crippen LogP contribution in [0.1, 0.15) is 51.0 Å². The molecule has 28 heavy (non-hydrogen) atoms. The molecule has 0 aliphatic carbocycles. The number of hydrogen-bond acceptors (Lipinski definition) is 4. The number of nitriles is 2. The molecular formula is C24H25N3S. The topological polar surface area (TPSA) is 50.8 Å². The van der Waals surface area contributed by atoms with Crippen LogP contribution in [-0.4, -0.2) is 6.54 Å². The van der Waals surface area contributed by atoms with Crippen molar-refractivity contribution < 1.29 is 0 Å². The summed E-state index contributed by atoms with van der Waals surface area (Å²) in [5, 5.41) is 18.0. The van der Waals surface area contributed by atoms with E-state index in [0.717, 1.165) is 12.1 Å². The van der Waals surface area contributed by atoms with Crippen LogP contribution in [0.5, 0.6) is 0 Å². The standard InChI is InChI=1S/C24H25N3S/c1-2-3-4-5-6-9-14-27-21-10-7-8-11-23(21)28-24-16-19(12-13-22(24)27)15-20(17-25)18-26/h7-8,10-13,15-16H,2-6,9,14H2,1H3. The lowest BCUT2D eigenvalue weighted by Crippen LogP contribution is -2.22. The number of para-hydroxylation sites is 1. The first kappa shape index (κ1) is 20.1. The average molecular weight is 388 g/mol. The highest BCUT2D eigenvalue weighted by atomic mass is 32.2. The van der Waals surface area contributed by atoms with Crippen LogP contribution in [0.25, 0.3) is 6.08 Å². The first-order valence-corrected chi connectivity index (χ1v) is 10.8. The van der Waals surface area contributed by atoms with Gasteiger partial charge in [0.2, 0.25) is 0 Å². The van der Waals surface area contributed by atoms with Crippen molar-refractivity contribution in [3.63, 3.8) is 0 Å². The molecule has 0 bridgehead atoms. The highest BCUT2D eigenvalue weighted by Crippen LogP contribution is 2.48. The lowest BCUT2D eigenvalue weighted by atomic mass is 10.1. The fourth-order valence-corrected chi connectivity index (χ4v) is 4.63. The second-order valence-corrected chi connectivity index (χ2v) is 8.08. The molecule has 0 unspecified atom stereocenters. The molecular weight excluding hydrogens is 362 g/mol. The van der Waals surface area contributed by atoms with Crippen molar-refractivity contribution in [3.8, 4) is 12.1 Å². The number of benzene rings is 2. The highest BCUT2D eigenvalue weighted by Gasteiger charge is 2.22. The van der Waals surface area contributed by atoms with Crippen LogP contribution in [0.2, 0.25) is 0 Å². The van der Waals surface area contributed by atoms with Gasteiger partial charge in [-0.25, -0.2) is 0 Å². The maximum Gasteiger partial charge on any atom is 0.130 e. The van der Waals surface area contributed by atoms with E-state index < -0.39 is 0 Å². The number of anilines is 2. The molecule has 1 aliphatic rings. The Morgan fingerprint density at radius 1 is 0.929 bits per heavy atom. The van der Waals surface area contributed by atoms with Gasteiger partial charge in [0.15, 0.2) is 0 Å². The minimum absolute atomic E-state index is 0.130.